The van der Waals surface area contributed by atoms with Gasteiger partial charge in [0.05, 0.1) is 11.3 Å². The van der Waals surface area contributed by atoms with Crippen molar-refractivity contribution in [3.05, 3.63) is 29.3 Å². The van der Waals surface area contributed by atoms with Gasteiger partial charge in [0.1, 0.15) is 12.2 Å². The molecule has 0 spiro atoms. The van der Waals surface area contributed by atoms with Crippen molar-refractivity contribution in [2.75, 3.05) is 11.9 Å². The number of anilines is 1. The largest absolute Gasteiger partial charge is 0.381 e. The first-order valence-electron chi connectivity index (χ1n) is 4.76. The van der Waals surface area contributed by atoms with E-state index in [-0.39, 0.29) is 6.54 Å². The smallest absolute Gasteiger partial charge is 0.248 e. The summed E-state index contributed by atoms with van der Waals surface area (Å²) in [7, 11) is 0. The average Bonchev–Trinajstić information content (AvgIpc) is 2.26. The summed E-state index contributed by atoms with van der Waals surface area (Å²) in [5, 5.41) is 20.9. The van der Waals surface area contributed by atoms with E-state index in [1.807, 2.05) is 19.1 Å². The maximum Gasteiger partial charge on any atom is 0.248 e. The van der Waals surface area contributed by atoms with E-state index in [0.29, 0.717) is 11.3 Å². The number of aliphatic hydroxyl groups excluding tert-OH is 1. The molecular formula is C11H13N3O2. The number of carbonyl (C=O) groups is 1. The zero-order valence-electron chi connectivity index (χ0n) is 8.90. The van der Waals surface area contributed by atoms with E-state index in [2.05, 4.69) is 5.32 Å². The van der Waals surface area contributed by atoms with Crippen molar-refractivity contribution in [2.45, 2.75) is 13.0 Å². The molecule has 0 heterocycles. The van der Waals surface area contributed by atoms with Crippen molar-refractivity contribution < 1.29 is 9.90 Å². The molecule has 0 aliphatic heterocycles. The van der Waals surface area contributed by atoms with E-state index in [9.17, 15) is 9.90 Å². The van der Waals surface area contributed by atoms with Gasteiger partial charge in [0.25, 0.3) is 0 Å². The van der Waals surface area contributed by atoms with Crippen molar-refractivity contribution in [1.29, 1.82) is 5.26 Å². The van der Waals surface area contributed by atoms with Gasteiger partial charge in [-0.05, 0) is 24.6 Å². The summed E-state index contributed by atoms with van der Waals surface area (Å²) in [4.78, 5) is 10.6. The van der Waals surface area contributed by atoms with Crippen molar-refractivity contribution >= 4 is 11.6 Å². The van der Waals surface area contributed by atoms with Crippen LogP contribution in [0.1, 0.15) is 11.1 Å². The fraction of sp³-hybridized carbons (Fsp3) is 0.273. The molecule has 0 radical (unpaired) electrons. The third-order valence-electron chi connectivity index (χ3n) is 2.11. The molecule has 0 fully saturated rings. The first kappa shape index (κ1) is 12.0. The summed E-state index contributed by atoms with van der Waals surface area (Å²) in [5.74, 6) is -0.793. The Bertz CT molecular complexity index is 437. The Labute approximate surface area is 93.5 Å². The Morgan fingerprint density at radius 3 is 2.94 bits per heavy atom. The lowest BCUT2D eigenvalue weighted by Gasteiger charge is -2.11. The highest BCUT2D eigenvalue weighted by molar-refractivity contribution is 5.79. The van der Waals surface area contributed by atoms with Crippen molar-refractivity contribution in [3.8, 4) is 6.07 Å². The molecule has 0 bridgehead atoms. The summed E-state index contributed by atoms with van der Waals surface area (Å²) >= 11 is 0. The average molecular weight is 219 g/mol. The second-order valence-electron chi connectivity index (χ2n) is 3.46. The Morgan fingerprint density at radius 1 is 1.69 bits per heavy atom. The summed E-state index contributed by atoms with van der Waals surface area (Å²) in [5.41, 5.74) is 6.92. The molecule has 1 aromatic rings. The van der Waals surface area contributed by atoms with Gasteiger partial charge in [-0.15, -0.1) is 0 Å². The van der Waals surface area contributed by atoms with Crippen molar-refractivity contribution in [1.82, 2.24) is 0 Å². The highest BCUT2D eigenvalue weighted by Crippen LogP contribution is 2.15. The standard InChI is InChI=1S/C11H13N3O2/c1-7-2-3-9(8(4-7)5-12)14-6-10(15)11(13)16/h2-4,10,14-15H,6H2,1H3,(H2,13,16). The number of nitrogens with zero attached hydrogens (tertiary/aromatic N) is 1. The minimum Gasteiger partial charge on any atom is -0.381 e. The van der Waals surface area contributed by atoms with Gasteiger partial charge in [0.15, 0.2) is 0 Å². The van der Waals surface area contributed by atoms with Crippen molar-refractivity contribution in [2.24, 2.45) is 5.73 Å². The highest BCUT2D eigenvalue weighted by Gasteiger charge is 2.11. The molecular weight excluding hydrogens is 206 g/mol. The van der Waals surface area contributed by atoms with Crippen LogP contribution in [0.3, 0.4) is 0 Å². The molecule has 0 aliphatic rings. The Balaban J connectivity index is 2.75. The van der Waals surface area contributed by atoms with E-state index in [1.165, 1.54) is 0 Å². The first-order valence-corrected chi connectivity index (χ1v) is 4.76. The topological polar surface area (TPSA) is 99.1 Å². The quantitative estimate of drug-likeness (QED) is 0.670. The van der Waals surface area contributed by atoms with Crippen LogP contribution in [-0.4, -0.2) is 23.7 Å². The lowest BCUT2D eigenvalue weighted by molar-refractivity contribution is -0.125. The Kier molecular flexibility index (Phi) is 3.86. The molecule has 0 saturated heterocycles. The van der Waals surface area contributed by atoms with E-state index in [1.54, 1.807) is 12.1 Å². The molecule has 1 aromatic carbocycles. The van der Waals surface area contributed by atoms with Crippen LogP contribution in [0.4, 0.5) is 5.69 Å². The molecule has 1 atom stereocenters. The molecule has 0 aliphatic carbocycles. The molecule has 84 valence electrons. The predicted molar refractivity (Wildman–Crippen MR) is 59.6 cm³/mol. The number of aliphatic hydroxyl groups is 1. The van der Waals surface area contributed by atoms with Crippen LogP contribution in [0, 0.1) is 18.3 Å². The summed E-state index contributed by atoms with van der Waals surface area (Å²) < 4.78 is 0. The number of primary amides is 1. The van der Waals surface area contributed by atoms with Crippen molar-refractivity contribution in [3.63, 3.8) is 0 Å². The molecule has 1 rings (SSSR count). The van der Waals surface area contributed by atoms with Gasteiger partial charge in [-0.2, -0.15) is 5.26 Å². The van der Waals surface area contributed by atoms with E-state index in [0.717, 1.165) is 5.56 Å². The number of nitriles is 1. The van der Waals surface area contributed by atoms with Gasteiger partial charge in [0, 0.05) is 6.54 Å². The lowest BCUT2D eigenvalue weighted by atomic mass is 10.1. The van der Waals surface area contributed by atoms with Crippen LogP contribution in [-0.2, 0) is 4.79 Å². The van der Waals surface area contributed by atoms with Crippen LogP contribution in [0.5, 0.6) is 0 Å². The number of aryl methyl sites for hydroxylation is 1. The monoisotopic (exact) mass is 219 g/mol. The van der Waals surface area contributed by atoms with Gasteiger partial charge in [0.2, 0.25) is 5.91 Å². The molecule has 1 unspecified atom stereocenters. The molecule has 16 heavy (non-hydrogen) atoms. The maximum absolute atomic E-state index is 10.6. The fourth-order valence-electron chi connectivity index (χ4n) is 1.21. The number of benzene rings is 1. The summed E-state index contributed by atoms with van der Waals surface area (Å²) in [6.07, 6.45) is -1.26. The Morgan fingerprint density at radius 2 is 2.38 bits per heavy atom. The molecule has 5 nitrogen and oxygen atoms in total. The molecule has 5 heteroatoms. The van der Waals surface area contributed by atoms with Gasteiger partial charge in [-0.25, -0.2) is 0 Å². The highest BCUT2D eigenvalue weighted by atomic mass is 16.3. The molecule has 4 N–H and O–H groups in total. The lowest BCUT2D eigenvalue weighted by Crippen LogP contribution is -2.34. The summed E-state index contributed by atoms with van der Waals surface area (Å²) in [6, 6.07) is 7.31. The predicted octanol–water partition coefficient (Wildman–Crippen LogP) is 0.125. The van der Waals surface area contributed by atoms with E-state index >= 15 is 0 Å². The first-order chi connectivity index (χ1) is 7.54. The number of nitrogens with two attached hydrogens (primary N) is 1. The van der Waals surface area contributed by atoms with Gasteiger partial charge in [-0.1, -0.05) is 6.07 Å². The van der Waals surface area contributed by atoms with Gasteiger partial charge in [-0.3, -0.25) is 4.79 Å². The third kappa shape index (κ3) is 2.97. The number of hydrogen-bond donors (Lipinski definition) is 3. The molecule has 0 saturated carbocycles. The third-order valence-corrected chi connectivity index (χ3v) is 2.11. The van der Waals surface area contributed by atoms with Gasteiger partial charge < -0.3 is 16.2 Å². The van der Waals surface area contributed by atoms with Gasteiger partial charge >= 0.3 is 0 Å². The maximum atomic E-state index is 10.6. The molecule has 1 amide bonds. The minimum atomic E-state index is -1.26. The fourth-order valence-corrected chi connectivity index (χ4v) is 1.21. The SMILES string of the molecule is Cc1ccc(NCC(O)C(N)=O)c(C#N)c1. The second-order valence-corrected chi connectivity index (χ2v) is 3.46. The number of rotatable bonds is 4. The zero-order chi connectivity index (χ0) is 12.1. The van der Waals surface area contributed by atoms with Crippen LogP contribution in [0.25, 0.3) is 0 Å². The van der Waals surface area contributed by atoms with E-state index < -0.39 is 12.0 Å². The number of nitrogens with one attached hydrogen (secondary N) is 1. The number of carbonyl (C=O) groups excluding carboxylic acids is 1. The Hall–Kier alpha value is -2.06. The zero-order valence-corrected chi connectivity index (χ0v) is 8.90. The minimum absolute atomic E-state index is 0.00687. The van der Waals surface area contributed by atoms with Crippen LogP contribution in [0.15, 0.2) is 18.2 Å². The number of amides is 1. The van der Waals surface area contributed by atoms with Crippen LogP contribution in [0.2, 0.25) is 0 Å². The normalized spacial score (nSPS) is 11.6. The summed E-state index contributed by atoms with van der Waals surface area (Å²) in [6.45, 7) is 1.87. The van der Waals surface area contributed by atoms with Crippen LogP contribution >= 0.6 is 0 Å². The van der Waals surface area contributed by atoms with Crippen LogP contribution < -0.4 is 11.1 Å². The number of hydrogen-bond acceptors (Lipinski definition) is 4. The molecule has 0 aromatic heterocycles. The second kappa shape index (κ2) is 5.14. The van der Waals surface area contributed by atoms with E-state index in [4.69, 9.17) is 11.0 Å².